The molecule has 0 aliphatic rings. The first-order chi connectivity index (χ1) is 14.9. The van der Waals surface area contributed by atoms with Crippen molar-refractivity contribution in [3.63, 3.8) is 0 Å². The van der Waals surface area contributed by atoms with E-state index in [1.807, 2.05) is 0 Å². The molecule has 0 aliphatic carbocycles. The molecule has 184 valence electrons. The molecule has 1 heteroatoms. The summed E-state index contributed by atoms with van der Waals surface area (Å²) in [6.45, 7) is 30.5. The van der Waals surface area contributed by atoms with E-state index in [4.69, 9.17) is 0 Å². The van der Waals surface area contributed by atoms with E-state index in [0.29, 0.717) is 0 Å². The first-order valence-corrected chi connectivity index (χ1v) is 14.5. The largest absolute Gasteiger partial charge is 0.0809 e. The van der Waals surface area contributed by atoms with E-state index in [0.717, 1.165) is 0 Å². The summed E-state index contributed by atoms with van der Waals surface area (Å²) in [5.41, 5.74) is 6.46. The van der Waals surface area contributed by atoms with E-state index >= 15 is 0 Å². The van der Waals surface area contributed by atoms with Crippen LogP contribution in [0.3, 0.4) is 0 Å². The average Bonchev–Trinajstić information content (AvgIpc) is 2.65. The normalized spacial score (nSPS) is 13.5. The van der Waals surface area contributed by atoms with Crippen molar-refractivity contribution in [1.82, 2.24) is 0 Å². The molecule has 33 heavy (non-hydrogen) atoms. The molecule has 0 unspecified atom stereocenters. The molecule has 2 aromatic rings. The van der Waals surface area contributed by atoms with Gasteiger partial charge < -0.3 is 0 Å². The van der Waals surface area contributed by atoms with Gasteiger partial charge in [-0.3, -0.25) is 0 Å². The Balaban J connectivity index is 2.91. The third-order valence-corrected chi connectivity index (χ3v) is 9.33. The molecule has 0 radical (unpaired) electrons. The van der Waals surface area contributed by atoms with E-state index in [-0.39, 0.29) is 21.7 Å². The minimum Gasteiger partial charge on any atom is -0.0809 e. The summed E-state index contributed by atoms with van der Waals surface area (Å²) >= 11 is 0. The predicted octanol–water partition coefficient (Wildman–Crippen LogP) is 8.64. The summed E-state index contributed by atoms with van der Waals surface area (Å²) < 4.78 is 0. The molecule has 0 aliphatic heterocycles. The van der Waals surface area contributed by atoms with Crippen LogP contribution in [-0.4, -0.2) is 5.80 Å². The van der Waals surface area contributed by atoms with Crippen LogP contribution in [0.1, 0.15) is 125 Å². The van der Waals surface area contributed by atoms with Gasteiger partial charge in [-0.2, -0.15) is 0 Å². The van der Waals surface area contributed by atoms with Gasteiger partial charge in [0.15, 0.2) is 0 Å². The molecule has 0 N–H and O–H groups in total. The smallest absolute Gasteiger partial charge is 0.0125 e. The van der Waals surface area contributed by atoms with Crippen molar-refractivity contribution >= 4 is 24.0 Å². The van der Waals surface area contributed by atoms with Crippen LogP contribution in [0.15, 0.2) is 36.4 Å². The molecule has 2 aromatic carbocycles. The van der Waals surface area contributed by atoms with Crippen LogP contribution in [0, 0.1) is 0 Å². The second-order valence-corrected chi connectivity index (χ2v) is 16.2. The van der Waals surface area contributed by atoms with Gasteiger partial charge in [0.25, 0.3) is 0 Å². The molecular formula is C32H51P. The lowest BCUT2D eigenvalue weighted by Crippen LogP contribution is -2.29. The molecule has 0 fully saturated rings. The zero-order valence-corrected chi connectivity index (χ0v) is 25.0. The quantitative estimate of drug-likeness (QED) is 0.396. The lowest BCUT2D eigenvalue weighted by molar-refractivity contribution is 0.571. The highest BCUT2D eigenvalue weighted by molar-refractivity contribution is 7.72. The molecule has 2 rings (SSSR count). The fraction of sp³-hybridized carbons (Fsp3) is 0.594. The highest BCUT2D eigenvalue weighted by atomic mass is 31.1. The SMILES string of the molecule is CCCC=[PH](c1ccc(C(C)(C)C)cc1C(C)(C)C)c1ccc(C(C)(C)C)cc1C(C)(C)C. The number of rotatable bonds is 4. The third kappa shape index (κ3) is 6.88. The Hall–Kier alpha value is -1.26. The van der Waals surface area contributed by atoms with E-state index in [2.05, 4.69) is 132 Å². The Kier molecular flexibility index (Phi) is 8.29. The lowest BCUT2D eigenvalue weighted by Gasteiger charge is -2.32. The summed E-state index contributed by atoms with van der Waals surface area (Å²) in [5, 5.41) is 3.14. The van der Waals surface area contributed by atoms with Crippen LogP contribution in [0.2, 0.25) is 0 Å². The second-order valence-electron chi connectivity index (χ2n) is 13.9. The van der Waals surface area contributed by atoms with E-state index < -0.39 is 7.55 Å². The summed E-state index contributed by atoms with van der Waals surface area (Å²) in [4.78, 5) is 0. The van der Waals surface area contributed by atoms with Gasteiger partial charge in [0.1, 0.15) is 0 Å². The molecule has 0 amide bonds. The van der Waals surface area contributed by atoms with E-state index in [9.17, 15) is 0 Å². The Morgan fingerprint density at radius 3 is 1.21 bits per heavy atom. The van der Waals surface area contributed by atoms with Gasteiger partial charge in [-0.05, 0) is 60.9 Å². The zero-order chi connectivity index (χ0) is 25.4. The summed E-state index contributed by atoms with van der Waals surface area (Å²) in [5.74, 6) is 2.67. The predicted molar refractivity (Wildman–Crippen MR) is 156 cm³/mol. The second kappa shape index (κ2) is 9.77. The number of unbranched alkanes of at least 4 members (excludes halogenated alkanes) is 1. The fourth-order valence-electron chi connectivity index (χ4n) is 4.39. The minimum absolute atomic E-state index is 0.111. The number of benzene rings is 2. The average molecular weight is 467 g/mol. The third-order valence-electron chi connectivity index (χ3n) is 6.60. The highest BCUT2D eigenvalue weighted by Gasteiger charge is 2.27. The maximum absolute atomic E-state index is 2.67. The Bertz CT molecular complexity index is 915. The van der Waals surface area contributed by atoms with Gasteiger partial charge in [0.2, 0.25) is 0 Å². The van der Waals surface area contributed by atoms with Crippen molar-refractivity contribution in [3.05, 3.63) is 58.7 Å². The van der Waals surface area contributed by atoms with Gasteiger partial charge in [0.05, 0.1) is 0 Å². The van der Waals surface area contributed by atoms with Gasteiger partial charge in [-0.1, -0.05) is 146 Å². The topological polar surface area (TPSA) is 0 Å². The van der Waals surface area contributed by atoms with Gasteiger partial charge >= 0.3 is 0 Å². The van der Waals surface area contributed by atoms with Crippen molar-refractivity contribution in [2.75, 3.05) is 0 Å². The Morgan fingerprint density at radius 2 is 0.939 bits per heavy atom. The first kappa shape index (κ1) is 28.0. The monoisotopic (exact) mass is 466 g/mol. The Morgan fingerprint density at radius 1 is 0.576 bits per heavy atom. The molecule has 0 saturated heterocycles. The van der Waals surface area contributed by atoms with Crippen molar-refractivity contribution < 1.29 is 0 Å². The molecule has 0 saturated carbocycles. The van der Waals surface area contributed by atoms with Crippen LogP contribution in [0.4, 0.5) is 0 Å². The molecule has 0 bridgehead atoms. The van der Waals surface area contributed by atoms with Crippen LogP contribution >= 0.6 is 7.55 Å². The minimum atomic E-state index is -1.03. The molecular weight excluding hydrogens is 415 g/mol. The maximum Gasteiger partial charge on any atom is -0.0125 e. The van der Waals surface area contributed by atoms with Crippen molar-refractivity contribution in [2.24, 2.45) is 0 Å². The molecule has 0 heterocycles. The molecule has 0 spiro atoms. The summed E-state index contributed by atoms with van der Waals surface area (Å²) in [7, 11) is -1.03. The number of hydrogen-bond donors (Lipinski definition) is 0. The van der Waals surface area contributed by atoms with Crippen LogP contribution < -0.4 is 10.6 Å². The molecule has 0 nitrogen and oxygen atoms in total. The van der Waals surface area contributed by atoms with Gasteiger partial charge in [-0.15, -0.1) is 0 Å². The zero-order valence-electron chi connectivity index (χ0n) is 24.0. The van der Waals surface area contributed by atoms with E-state index in [1.165, 1.54) is 35.1 Å². The number of hydrogen-bond acceptors (Lipinski definition) is 0. The molecule has 0 atom stereocenters. The molecule has 0 aromatic heterocycles. The van der Waals surface area contributed by atoms with Gasteiger partial charge in [0, 0.05) is 0 Å². The Labute approximate surface area is 207 Å². The summed E-state index contributed by atoms with van der Waals surface area (Å²) in [6, 6.07) is 14.8. The van der Waals surface area contributed by atoms with Gasteiger partial charge in [-0.25, -0.2) is 0 Å². The van der Waals surface area contributed by atoms with Crippen molar-refractivity contribution in [2.45, 2.75) is 125 Å². The van der Waals surface area contributed by atoms with Crippen molar-refractivity contribution in [1.29, 1.82) is 0 Å². The van der Waals surface area contributed by atoms with E-state index in [1.54, 1.807) is 10.6 Å². The standard InChI is InChI=1S/C32H51P/c1-14-15-20-33(27-18-16-23(29(2,3)4)21-25(27)31(8,9)10)28-19-17-24(30(5,6)7)22-26(28)32(11,12)13/h16-22,33H,14-15H2,1-13H3. The maximum atomic E-state index is 2.67. The first-order valence-electron chi connectivity index (χ1n) is 12.9. The van der Waals surface area contributed by atoms with Crippen molar-refractivity contribution in [3.8, 4) is 0 Å². The van der Waals surface area contributed by atoms with Crippen LogP contribution in [0.5, 0.6) is 0 Å². The van der Waals surface area contributed by atoms with Crippen LogP contribution in [0.25, 0.3) is 0 Å². The van der Waals surface area contributed by atoms with Crippen LogP contribution in [-0.2, 0) is 21.7 Å². The fourth-order valence-corrected chi connectivity index (χ4v) is 7.69. The lowest BCUT2D eigenvalue weighted by atomic mass is 9.80. The highest BCUT2D eigenvalue weighted by Crippen LogP contribution is 2.37. The summed E-state index contributed by atoms with van der Waals surface area (Å²) in [6.07, 6.45) is 2.37.